The monoisotopic (exact) mass is 509 g/mol. The van der Waals surface area contributed by atoms with Gasteiger partial charge in [0, 0.05) is 22.3 Å². The molecular formula is C27H28ClN3O3S. The molecule has 4 rings (SSSR count). The molecule has 0 saturated carbocycles. The number of esters is 1. The quantitative estimate of drug-likeness (QED) is 0.447. The molecule has 2 unspecified atom stereocenters. The van der Waals surface area contributed by atoms with Crippen molar-refractivity contribution < 1.29 is 14.3 Å². The maximum atomic E-state index is 13.4. The second-order valence-corrected chi connectivity index (χ2v) is 9.62. The molecule has 1 N–H and O–H groups in total. The van der Waals surface area contributed by atoms with Gasteiger partial charge < -0.3 is 15.0 Å². The second-order valence-electron chi connectivity index (χ2n) is 8.35. The fourth-order valence-corrected chi connectivity index (χ4v) is 5.19. The third kappa shape index (κ3) is 5.46. The third-order valence-corrected chi connectivity index (χ3v) is 7.00. The molecule has 8 heteroatoms. The number of ether oxygens (including phenoxy) is 1. The first-order valence-corrected chi connectivity index (χ1v) is 12.9. The van der Waals surface area contributed by atoms with Gasteiger partial charge in [0.15, 0.2) is 5.17 Å². The number of thioether (sulfide) groups is 1. The van der Waals surface area contributed by atoms with Crippen molar-refractivity contribution in [1.82, 2.24) is 10.2 Å². The lowest BCUT2D eigenvalue weighted by molar-refractivity contribution is -0.139. The normalized spacial score (nSPS) is 17.9. The Labute approximate surface area is 215 Å². The molecular weight excluding hydrogens is 482 g/mol. The lowest BCUT2D eigenvalue weighted by Gasteiger charge is -2.37. The third-order valence-electron chi connectivity index (χ3n) is 5.88. The fourth-order valence-electron chi connectivity index (χ4n) is 4.07. The number of hydrogen-bond acceptors (Lipinski definition) is 6. The van der Waals surface area contributed by atoms with Gasteiger partial charge in [0.1, 0.15) is 0 Å². The van der Waals surface area contributed by atoms with Gasteiger partial charge in [0.05, 0.1) is 30.3 Å². The molecule has 1 amide bonds. The number of hydrogen-bond donors (Lipinski definition) is 1. The molecule has 35 heavy (non-hydrogen) atoms. The minimum Gasteiger partial charge on any atom is -0.463 e. The first-order chi connectivity index (χ1) is 16.9. The standard InChI is InChI=1S/C27H28ClN3O3S/c1-4-17(3)29-22(32)15-21-16-35-27-30-24(18-10-7-6-8-11-18)23(26(33)34-5-2)25(31(21)27)19-12-9-13-20(28)14-19/h6-14,16-17,25H,4-5,15H2,1-3H3,(H,29,32). The predicted molar refractivity (Wildman–Crippen MR) is 142 cm³/mol. The summed E-state index contributed by atoms with van der Waals surface area (Å²) in [7, 11) is 0. The van der Waals surface area contributed by atoms with E-state index in [1.54, 1.807) is 13.0 Å². The Balaban J connectivity index is 1.84. The summed E-state index contributed by atoms with van der Waals surface area (Å²) in [6.07, 6.45) is 1.02. The summed E-state index contributed by atoms with van der Waals surface area (Å²) in [6.45, 7) is 6.02. The molecule has 6 nitrogen and oxygen atoms in total. The van der Waals surface area contributed by atoms with Gasteiger partial charge in [0.25, 0.3) is 0 Å². The van der Waals surface area contributed by atoms with Crippen LogP contribution in [-0.2, 0) is 14.3 Å². The molecule has 182 valence electrons. The number of carbonyl (C=O) groups excluding carboxylic acids is 2. The zero-order chi connectivity index (χ0) is 24.9. The molecule has 0 radical (unpaired) electrons. The van der Waals surface area contributed by atoms with Crippen LogP contribution in [0.3, 0.4) is 0 Å². The van der Waals surface area contributed by atoms with Crippen LogP contribution >= 0.6 is 23.4 Å². The van der Waals surface area contributed by atoms with Crippen LogP contribution in [0.15, 0.2) is 76.3 Å². The van der Waals surface area contributed by atoms with Crippen molar-refractivity contribution >= 4 is 46.1 Å². The van der Waals surface area contributed by atoms with Crippen molar-refractivity contribution in [2.75, 3.05) is 6.61 Å². The number of amidine groups is 1. The van der Waals surface area contributed by atoms with E-state index < -0.39 is 12.0 Å². The van der Waals surface area contributed by atoms with E-state index in [-0.39, 0.29) is 25.0 Å². The van der Waals surface area contributed by atoms with E-state index in [0.29, 0.717) is 21.5 Å². The molecule has 2 heterocycles. The van der Waals surface area contributed by atoms with E-state index in [1.807, 2.05) is 72.7 Å². The number of halogens is 1. The van der Waals surface area contributed by atoms with Crippen molar-refractivity contribution in [3.63, 3.8) is 0 Å². The van der Waals surface area contributed by atoms with E-state index in [4.69, 9.17) is 21.3 Å². The molecule has 2 atom stereocenters. The van der Waals surface area contributed by atoms with Crippen LogP contribution < -0.4 is 5.32 Å². The van der Waals surface area contributed by atoms with Gasteiger partial charge in [-0.05, 0) is 43.4 Å². The molecule has 0 spiro atoms. The number of nitrogens with one attached hydrogen (secondary N) is 1. The molecule has 2 aliphatic rings. The Bertz CT molecular complexity index is 1210. The average molecular weight is 510 g/mol. The minimum atomic E-state index is -0.548. The lowest BCUT2D eigenvalue weighted by Crippen LogP contribution is -2.39. The number of nitrogens with zero attached hydrogens (tertiary/aromatic N) is 2. The van der Waals surface area contributed by atoms with Gasteiger partial charge in [-0.25, -0.2) is 9.79 Å². The summed E-state index contributed by atoms with van der Waals surface area (Å²) in [6, 6.07) is 16.6. The van der Waals surface area contributed by atoms with Gasteiger partial charge in [-0.3, -0.25) is 4.79 Å². The van der Waals surface area contributed by atoms with E-state index in [0.717, 1.165) is 23.2 Å². The van der Waals surface area contributed by atoms with E-state index in [1.165, 1.54) is 11.8 Å². The molecule has 0 aromatic heterocycles. The summed E-state index contributed by atoms with van der Waals surface area (Å²) in [5.41, 5.74) is 3.38. The van der Waals surface area contributed by atoms with Crippen molar-refractivity contribution in [3.8, 4) is 0 Å². The van der Waals surface area contributed by atoms with Gasteiger partial charge >= 0.3 is 5.97 Å². The molecule has 2 aromatic rings. The zero-order valence-electron chi connectivity index (χ0n) is 20.0. The maximum Gasteiger partial charge on any atom is 0.338 e. The fraction of sp³-hybridized carbons (Fsp3) is 0.296. The Kier molecular flexibility index (Phi) is 7.98. The molecule has 0 saturated heterocycles. The van der Waals surface area contributed by atoms with Crippen LogP contribution in [0.4, 0.5) is 0 Å². The molecule has 0 bridgehead atoms. The SMILES string of the molecule is CCOC(=O)C1=C(c2ccccc2)N=C2SC=C(CC(=O)NC(C)CC)N2C1c1cccc(Cl)c1. The van der Waals surface area contributed by atoms with E-state index in [2.05, 4.69) is 5.32 Å². The number of fused-ring (bicyclic) bond motifs is 1. The number of benzene rings is 2. The summed E-state index contributed by atoms with van der Waals surface area (Å²) < 4.78 is 5.52. The number of amides is 1. The maximum absolute atomic E-state index is 13.4. The molecule has 2 aromatic carbocycles. The Morgan fingerprint density at radius 2 is 1.94 bits per heavy atom. The topological polar surface area (TPSA) is 71.0 Å². The molecule has 0 aliphatic carbocycles. The smallest absolute Gasteiger partial charge is 0.338 e. The van der Waals surface area contributed by atoms with Crippen molar-refractivity contribution in [2.45, 2.75) is 45.7 Å². The van der Waals surface area contributed by atoms with Crippen molar-refractivity contribution in [3.05, 3.63) is 87.4 Å². The first-order valence-electron chi connectivity index (χ1n) is 11.7. The summed E-state index contributed by atoms with van der Waals surface area (Å²) in [5.74, 6) is -0.521. The Morgan fingerprint density at radius 1 is 1.17 bits per heavy atom. The average Bonchev–Trinajstić information content (AvgIpc) is 3.25. The second kappa shape index (κ2) is 11.1. The number of carbonyl (C=O) groups is 2. The predicted octanol–water partition coefficient (Wildman–Crippen LogP) is 5.92. The van der Waals surface area contributed by atoms with Crippen molar-refractivity contribution in [1.29, 1.82) is 0 Å². The highest BCUT2D eigenvalue weighted by Gasteiger charge is 2.42. The van der Waals surface area contributed by atoms with Crippen LogP contribution in [0.1, 0.15) is 50.8 Å². The van der Waals surface area contributed by atoms with Crippen LogP contribution in [0, 0.1) is 0 Å². The Hall–Kier alpha value is -3.03. The van der Waals surface area contributed by atoms with Gasteiger partial charge in [0.2, 0.25) is 5.91 Å². The highest BCUT2D eigenvalue weighted by molar-refractivity contribution is 8.16. The Morgan fingerprint density at radius 3 is 2.63 bits per heavy atom. The zero-order valence-corrected chi connectivity index (χ0v) is 21.5. The summed E-state index contributed by atoms with van der Waals surface area (Å²) in [5, 5.41) is 6.22. The van der Waals surface area contributed by atoms with Gasteiger partial charge in [-0.15, -0.1) is 0 Å². The van der Waals surface area contributed by atoms with E-state index >= 15 is 0 Å². The minimum absolute atomic E-state index is 0.0761. The molecule has 0 fully saturated rings. The van der Waals surface area contributed by atoms with Crippen LogP contribution in [0.25, 0.3) is 5.70 Å². The largest absolute Gasteiger partial charge is 0.463 e. The highest BCUT2D eigenvalue weighted by atomic mass is 35.5. The van der Waals surface area contributed by atoms with Gasteiger partial charge in [-0.1, -0.05) is 72.8 Å². The number of aliphatic imine (C=N–C) groups is 1. The first kappa shape index (κ1) is 25.1. The van der Waals surface area contributed by atoms with Gasteiger partial charge in [-0.2, -0.15) is 0 Å². The highest BCUT2D eigenvalue weighted by Crippen LogP contribution is 2.47. The summed E-state index contributed by atoms with van der Waals surface area (Å²) >= 11 is 7.82. The van der Waals surface area contributed by atoms with Crippen LogP contribution in [0.5, 0.6) is 0 Å². The van der Waals surface area contributed by atoms with Crippen molar-refractivity contribution in [2.24, 2.45) is 4.99 Å². The lowest BCUT2D eigenvalue weighted by atomic mass is 9.91. The van der Waals surface area contributed by atoms with Crippen LogP contribution in [0.2, 0.25) is 5.02 Å². The molecule has 2 aliphatic heterocycles. The van der Waals surface area contributed by atoms with E-state index in [9.17, 15) is 9.59 Å². The summed E-state index contributed by atoms with van der Waals surface area (Å²) in [4.78, 5) is 33.1. The number of rotatable bonds is 8. The van der Waals surface area contributed by atoms with Crippen LogP contribution in [-0.4, -0.2) is 34.6 Å².